The molecule has 2 bridgehead atoms. The third-order valence-electron chi connectivity index (χ3n) is 7.39. The van der Waals surface area contributed by atoms with Crippen LogP contribution in [0.3, 0.4) is 0 Å². The molecule has 4 fully saturated rings. The second kappa shape index (κ2) is 7.99. The number of sulfone groups is 1. The monoisotopic (exact) mass is 397 g/mol. The number of carbonyl (C=O) groups excluding carboxylic acids is 1. The van der Waals surface area contributed by atoms with Crippen LogP contribution >= 0.6 is 0 Å². The molecule has 6 nitrogen and oxygen atoms in total. The minimum atomic E-state index is -2.98. The number of nitrogens with zero attached hydrogens (tertiary/aromatic N) is 3. The van der Waals surface area contributed by atoms with Crippen LogP contribution in [-0.2, 0) is 14.6 Å². The Bertz CT molecular complexity index is 647. The predicted molar refractivity (Wildman–Crippen MR) is 106 cm³/mol. The summed E-state index contributed by atoms with van der Waals surface area (Å²) >= 11 is 0. The van der Waals surface area contributed by atoms with Gasteiger partial charge in [0.05, 0.1) is 18.1 Å². The fourth-order valence-electron chi connectivity index (χ4n) is 5.91. The molecule has 154 valence electrons. The van der Waals surface area contributed by atoms with Crippen molar-refractivity contribution < 1.29 is 13.2 Å². The number of hydrogen-bond donors (Lipinski definition) is 0. The molecule has 3 aliphatic heterocycles. The SMILES string of the molecule is CCN1CC[C@H]2CC[C@@H](C1)N2CC(=O)N(C1CCCC1)[C@H]1CCS(=O)(=O)C1. The molecule has 0 aromatic rings. The smallest absolute Gasteiger partial charge is 0.237 e. The lowest BCUT2D eigenvalue weighted by Crippen LogP contribution is -2.52. The molecule has 27 heavy (non-hydrogen) atoms. The molecular formula is C20H35N3O3S. The summed E-state index contributed by atoms with van der Waals surface area (Å²) in [6.07, 6.45) is 8.58. The van der Waals surface area contributed by atoms with Gasteiger partial charge in [0, 0.05) is 30.7 Å². The van der Waals surface area contributed by atoms with Crippen molar-refractivity contribution >= 4 is 15.7 Å². The molecule has 4 rings (SSSR count). The largest absolute Gasteiger partial charge is 0.335 e. The third kappa shape index (κ3) is 4.20. The summed E-state index contributed by atoms with van der Waals surface area (Å²) < 4.78 is 24.1. The fraction of sp³-hybridized carbons (Fsp3) is 0.950. The van der Waals surface area contributed by atoms with Crippen LogP contribution in [0.1, 0.15) is 58.3 Å². The Hall–Kier alpha value is -0.660. The van der Waals surface area contributed by atoms with Gasteiger partial charge < -0.3 is 9.80 Å². The summed E-state index contributed by atoms with van der Waals surface area (Å²) in [6.45, 7) is 5.99. The van der Waals surface area contributed by atoms with Gasteiger partial charge in [-0.3, -0.25) is 9.69 Å². The van der Waals surface area contributed by atoms with Crippen LogP contribution < -0.4 is 0 Å². The van der Waals surface area contributed by atoms with E-state index in [1.807, 2.05) is 4.90 Å². The Morgan fingerprint density at radius 3 is 2.41 bits per heavy atom. The summed E-state index contributed by atoms with van der Waals surface area (Å²) in [5.41, 5.74) is 0. The van der Waals surface area contributed by atoms with E-state index in [0.717, 1.165) is 51.7 Å². The van der Waals surface area contributed by atoms with Gasteiger partial charge in [0.25, 0.3) is 0 Å². The molecule has 1 saturated carbocycles. The molecule has 4 aliphatic rings. The summed E-state index contributed by atoms with van der Waals surface area (Å²) in [5.74, 6) is 0.603. The van der Waals surface area contributed by atoms with Crippen molar-refractivity contribution in [2.24, 2.45) is 0 Å². The summed E-state index contributed by atoms with van der Waals surface area (Å²) in [7, 11) is -2.98. The molecule has 3 saturated heterocycles. The Kier molecular flexibility index (Phi) is 5.82. The van der Waals surface area contributed by atoms with E-state index >= 15 is 0 Å². The zero-order valence-corrected chi connectivity index (χ0v) is 17.5. The third-order valence-corrected chi connectivity index (χ3v) is 9.14. The highest BCUT2D eigenvalue weighted by Gasteiger charge is 2.42. The van der Waals surface area contributed by atoms with E-state index in [4.69, 9.17) is 0 Å². The molecule has 3 atom stereocenters. The van der Waals surface area contributed by atoms with Gasteiger partial charge in [0.1, 0.15) is 0 Å². The average molecular weight is 398 g/mol. The molecule has 0 aromatic carbocycles. The lowest BCUT2D eigenvalue weighted by atomic mass is 10.1. The van der Waals surface area contributed by atoms with Crippen molar-refractivity contribution in [3.8, 4) is 0 Å². The van der Waals surface area contributed by atoms with E-state index < -0.39 is 9.84 Å². The van der Waals surface area contributed by atoms with Crippen molar-refractivity contribution in [3.63, 3.8) is 0 Å². The number of carbonyl (C=O) groups is 1. The predicted octanol–water partition coefficient (Wildman–Crippen LogP) is 1.50. The normalized spacial score (nSPS) is 34.8. The van der Waals surface area contributed by atoms with Crippen LogP contribution in [0.15, 0.2) is 0 Å². The molecule has 0 N–H and O–H groups in total. The van der Waals surface area contributed by atoms with Crippen LogP contribution in [0.25, 0.3) is 0 Å². The minimum absolute atomic E-state index is 0.0950. The number of likely N-dealkylation sites (N-methyl/N-ethyl adjacent to an activating group) is 1. The van der Waals surface area contributed by atoms with Crippen LogP contribution in [-0.4, -0.2) is 90.9 Å². The quantitative estimate of drug-likeness (QED) is 0.704. The number of likely N-dealkylation sites (tertiary alicyclic amines) is 1. The maximum absolute atomic E-state index is 13.5. The van der Waals surface area contributed by atoms with Crippen LogP contribution in [0.5, 0.6) is 0 Å². The van der Waals surface area contributed by atoms with Gasteiger partial charge >= 0.3 is 0 Å². The van der Waals surface area contributed by atoms with Gasteiger partial charge in [0.15, 0.2) is 9.84 Å². The van der Waals surface area contributed by atoms with E-state index in [9.17, 15) is 13.2 Å². The molecule has 0 radical (unpaired) electrons. The molecular weight excluding hydrogens is 362 g/mol. The molecule has 0 unspecified atom stereocenters. The number of rotatable bonds is 5. The highest BCUT2D eigenvalue weighted by molar-refractivity contribution is 7.91. The van der Waals surface area contributed by atoms with Gasteiger partial charge in [-0.1, -0.05) is 19.8 Å². The van der Waals surface area contributed by atoms with E-state index in [0.29, 0.717) is 25.0 Å². The van der Waals surface area contributed by atoms with Gasteiger partial charge in [-0.15, -0.1) is 0 Å². The zero-order valence-electron chi connectivity index (χ0n) is 16.7. The highest BCUT2D eigenvalue weighted by Crippen LogP contribution is 2.33. The molecule has 1 aliphatic carbocycles. The number of fused-ring (bicyclic) bond motifs is 2. The second-order valence-corrected chi connectivity index (χ2v) is 11.3. The van der Waals surface area contributed by atoms with Gasteiger partial charge in [-0.2, -0.15) is 0 Å². The van der Waals surface area contributed by atoms with E-state index in [1.165, 1.54) is 12.8 Å². The van der Waals surface area contributed by atoms with Crippen molar-refractivity contribution in [3.05, 3.63) is 0 Å². The van der Waals surface area contributed by atoms with Crippen LogP contribution in [0.2, 0.25) is 0 Å². The Balaban J connectivity index is 1.48. The zero-order chi connectivity index (χ0) is 19.0. The van der Waals surface area contributed by atoms with E-state index in [-0.39, 0.29) is 29.5 Å². The first-order valence-corrected chi connectivity index (χ1v) is 12.8. The molecule has 7 heteroatoms. The van der Waals surface area contributed by atoms with Crippen molar-refractivity contribution in [1.29, 1.82) is 0 Å². The highest BCUT2D eigenvalue weighted by atomic mass is 32.2. The lowest BCUT2D eigenvalue weighted by molar-refractivity contribution is -0.137. The van der Waals surface area contributed by atoms with Gasteiger partial charge in [-0.05, 0) is 51.6 Å². The fourth-order valence-corrected chi connectivity index (χ4v) is 7.62. The first-order valence-electron chi connectivity index (χ1n) is 11.0. The number of hydrogen-bond acceptors (Lipinski definition) is 5. The second-order valence-electron chi connectivity index (χ2n) is 9.04. The van der Waals surface area contributed by atoms with E-state index in [1.54, 1.807) is 0 Å². The van der Waals surface area contributed by atoms with Crippen molar-refractivity contribution in [2.75, 3.05) is 37.7 Å². The van der Waals surface area contributed by atoms with E-state index in [2.05, 4.69) is 16.7 Å². The maximum Gasteiger partial charge on any atom is 0.237 e. The van der Waals surface area contributed by atoms with Crippen LogP contribution in [0, 0.1) is 0 Å². The van der Waals surface area contributed by atoms with Gasteiger partial charge in [-0.25, -0.2) is 8.42 Å². The number of amides is 1. The van der Waals surface area contributed by atoms with Gasteiger partial charge in [0.2, 0.25) is 5.91 Å². The molecule has 0 spiro atoms. The Labute approximate surface area is 164 Å². The molecule has 3 heterocycles. The van der Waals surface area contributed by atoms with Crippen molar-refractivity contribution in [2.45, 2.75) is 82.5 Å². The summed E-state index contributed by atoms with van der Waals surface area (Å²) in [6, 6.07) is 1.17. The minimum Gasteiger partial charge on any atom is -0.335 e. The first kappa shape index (κ1) is 19.6. The summed E-state index contributed by atoms with van der Waals surface area (Å²) in [5, 5.41) is 0. The first-order chi connectivity index (χ1) is 13.0. The lowest BCUT2D eigenvalue weighted by Gasteiger charge is -2.37. The Morgan fingerprint density at radius 2 is 1.74 bits per heavy atom. The molecule has 0 aromatic heterocycles. The molecule has 1 amide bonds. The Morgan fingerprint density at radius 1 is 1.00 bits per heavy atom. The average Bonchev–Trinajstić information content (AvgIpc) is 3.30. The topological polar surface area (TPSA) is 60.9 Å². The summed E-state index contributed by atoms with van der Waals surface area (Å²) in [4.78, 5) is 20.5. The standard InChI is InChI=1S/C20H35N3O3S/c1-2-21-11-9-16-7-8-18(13-21)22(16)14-20(24)23(17-5-3-4-6-17)19-10-12-27(25,26)15-19/h16-19H,2-15H2,1H3/t16-,18+,19+/m1/s1. The van der Waals surface area contributed by atoms with Crippen molar-refractivity contribution in [1.82, 2.24) is 14.7 Å². The van der Waals surface area contributed by atoms with Crippen LogP contribution in [0.4, 0.5) is 0 Å². The maximum atomic E-state index is 13.5.